The molecule has 0 aromatic carbocycles. The third-order valence-electron chi connectivity index (χ3n) is 1.41. The van der Waals surface area contributed by atoms with E-state index in [2.05, 4.69) is 6.92 Å². The molecule has 10 heavy (non-hydrogen) atoms. The number of hydrogen-bond donors (Lipinski definition) is 2. The lowest BCUT2D eigenvalue weighted by molar-refractivity contribution is 0.278. The van der Waals surface area contributed by atoms with Crippen molar-refractivity contribution in [3.8, 4) is 0 Å². The zero-order chi connectivity index (χ0) is 7.82. The normalized spacial score (nSPS) is 10.8. The summed E-state index contributed by atoms with van der Waals surface area (Å²) >= 11 is 0. The molecule has 0 unspecified atom stereocenters. The molecule has 0 atom stereocenters. The molecule has 3 heteroatoms. The van der Waals surface area contributed by atoms with E-state index >= 15 is 0 Å². The van der Waals surface area contributed by atoms with Crippen LogP contribution in [0.4, 0.5) is 0 Å². The molecular formula is C7H19N3. The fraction of sp³-hybridized carbons (Fsp3) is 1.00. The van der Waals surface area contributed by atoms with Crippen LogP contribution in [0.1, 0.15) is 26.2 Å². The molecule has 0 radical (unpaired) electrons. The van der Waals surface area contributed by atoms with E-state index in [-0.39, 0.29) is 0 Å². The Morgan fingerprint density at radius 2 is 1.90 bits per heavy atom. The molecule has 0 spiro atoms. The molecule has 0 heterocycles. The van der Waals surface area contributed by atoms with Crippen LogP contribution in [0, 0.1) is 0 Å². The summed E-state index contributed by atoms with van der Waals surface area (Å²) in [5.74, 6) is 5.62. The molecule has 0 amide bonds. The van der Waals surface area contributed by atoms with Gasteiger partial charge in [-0.3, -0.25) is 5.84 Å². The maximum atomic E-state index is 5.62. The van der Waals surface area contributed by atoms with Crippen LogP contribution in [0.2, 0.25) is 0 Å². The predicted octanol–water partition coefficient (Wildman–Crippen LogP) is 0.311. The number of hydrazine groups is 1. The molecule has 0 bridgehead atoms. The summed E-state index contributed by atoms with van der Waals surface area (Å²) < 4.78 is 0. The molecule has 0 fully saturated rings. The highest BCUT2D eigenvalue weighted by molar-refractivity contribution is 4.48. The minimum Gasteiger partial charge on any atom is -0.330 e. The van der Waals surface area contributed by atoms with E-state index < -0.39 is 0 Å². The molecule has 0 saturated heterocycles. The molecule has 4 N–H and O–H groups in total. The van der Waals surface area contributed by atoms with Gasteiger partial charge < -0.3 is 5.73 Å². The smallest absolute Gasteiger partial charge is 0.0129 e. The van der Waals surface area contributed by atoms with Gasteiger partial charge in [-0.1, -0.05) is 6.92 Å². The van der Waals surface area contributed by atoms with Gasteiger partial charge in [0.05, 0.1) is 0 Å². The topological polar surface area (TPSA) is 55.3 Å². The second-order valence-electron chi connectivity index (χ2n) is 2.53. The van der Waals surface area contributed by atoms with Crippen molar-refractivity contribution < 1.29 is 0 Å². The number of nitrogens with two attached hydrogens (primary N) is 2. The summed E-state index contributed by atoms with van der Waals surface area (Å²) in [5.41, 5.74) is 5.33. The first-order valence-electron chi connectivity index (χ1n) is 4.01. The molecule has 3 nitrogen and oxygen atoms in total. The van der Waals surface area contributed by atoms with Crippen LogP contribution in [-0.2, 0) is 0 Å². The van der Waals surface area contributed by atoms with Gasteiger partial charge >= 0.3 is 0 Å². The fourth-order valence-electron chi connectivity index (χ4n) is 0.858. The average molecular weight is 145 g/mol. The molecule has 0 aliphatic heterocycles. The van der Waals surface area contributed by atoms with Crippen molar-refractivity contribution in [3.05, 3.63) is 0 Å². The summed E-state index contributed by atoms with van der Waals surface area (Å²) in [4.78, 5) is 0. The van der Waals surface area contributed by atoms with Gasteiger partial charge in [0.1, 0.15) is 0 Å². The average Bonchev–Trinajstić information content (AvgIpc) is 1.89. The van der Waals surface area contributed by atoms with Crippen LogP contribution in [0.15, 0.2) is 0 Å². The SMILES string of the molecule is CCCN(N)CCCCN. The van der Waals surface area contributed by atoms with Crippen molar-refractivity contribution in [1.29, 1.82) is 0 Å². The summed E-state index contributed by atoms with van der Waals surface area (Å²) in [7, 11) is 0. The maximum Gasteiger partial charge on any atom is 0.0129 e. The van der Waals surface area contributed by atoms with Crippen LogP contribution in [0.5, 0.6) is 0 Å². The lowest BCUT2D eigenvalue weighted by Crippen LogP contribution is -2.32. The van der Waals surface area contributed by atoms with Gasteiger partial charge in [-0.25, -0.2) is 5.01 Å². The molecule has 0 aliphatic carbocycles. The van der Waals surface area contributed by atoms with Crippen molar-refractivity contribution in [2.75, 3.05) is 19.6 Å². The molecule has 0 aromatic rings. The second kappa shape index (κ2) is 6.99. The van der Waals surface area contributed by atoms with E-state index in [1.165, 1.54) is 0 Å². The highest BCUT2D eigenvalue weighted by Crippen LogP contribution is 1.89. The quantitative estimate of drug-likeness (QED) is 0.321. The van der Waals surface area contributed by atoms with Gasteiger partial charge in [0.25, 0.3) is 0 Å². The van der Waals surface area contributed by atoms with Gasteiger partial charge in [0.15, 0.2) is 0 Å². The van der Waals surface area contributed by atoms with Crippen LogP contribution < -0.4 is 11.6 Å². The number of unbranched alkanes of at least 4 members (excludes halogenated alkanes) is 1. The number of nitrogens with zero attached hydrogens (tertiary/aromatic N) is 1. The van der Waals surface area contributed by atoms with Crippen LogP contribution in [0.3, 0.4) is 0 Å². The maximum absolute atomic E-state index is 5.62. The highest BCUT2D eigenvalue weighted by Gasteiger charge is 1.94. The molecule has 0 aromatic heterocycles. The zero-order valence-electron chi connectivity index (χ0n) is 6.84. The first kappa shape index (κ1) is 9.88. The van der Waals surface area contributed by atoms with Crippen molar-refractivity contribution in [1.82, 2.24) is 5.01 Å². The summed E-state index contributed by atoms with van der Waals surface area (Å²) in [6.45, 7) is 4.87. The van der Waals surface area contributed by atoms with Gasteiger partial charge in [0, 0.05) is 13.1 Å². The lowest BCUT2D eigenvalue weighted by Gasteiger charge is -2.13. The van der Waals surface area contributed by atoms with Crippen molar-refractivity contribution >= 4 is 0 Å². The Morgan fingerprint density at radius 1 is 1.20 bits per heavy atom. The van der Waals surface area contributed by atoms with E-state index in [0.29, 0.717) is 0 Å². The fourth-order valence-corrected chi connectivity index (χ4v) is 0.858. The van der Waals surface area contributed by atoms with Crippen LogP contribution >= 0.6 is 0 Å². The monoisotopic (exact) mass is 145 g/mol. The minimum absolute atomic E-state index is 0.778. The summed E-state index contributed by atoms with van der Waals surface area (Å²) in [5, 5.41) is 1.86. The highest BCUT2D eigenvalue weighted by atomic mass is 15.4. The molecule has 0 rings (SSSR count). The zero-order valence-corrected chi connectivity index (χ0v) is 6.84. The molecular weight excluding hydrogens is 126 g/mol. The first-order chi connectivity index (χ1) is 4.81. The summed E-state index contributed by atoms with van der Waals surface area (Å²) in [6, 6.07) is 0. The van der Waals surface area contributed by atoms with Gasteiger partial charge in [-0.15, -0.1) is 0 Å². The molecule has 0 saturated carbocycles. The standard InChI is InChI=1S/C7H19N3/c1-2-6-10(9)7-4-3-5-8/h2-9H2,1H3. The Labute approximate surface area is 63.3 Å². The Hall–Kier alpha value is -0.120. The van der Waals surface area contributed by atoms with Crippen molar-refractivity contribution in [3.63, 3.8) is 0 Å². The van der Waals surface area contributed by atoms with E-state index in [9.17, 15) is 0 Å². The minimum atomic E-state index is 0.778. The Balaban J connectivity index is 2.97. The van der Waals surface area contributed by atoms with Crippen LogP contribution in [0.25, 0.3) is 0 Å². The van der Waals surface area contributed by atoms with Gasteiger partial charge in [0.2, 0.25) is 0 Å². The first-order valence-corrected chi connectivity index (χ1v) is 4.01. The Morgan fingerprint density at radius 3 is 2.40 bits per heavy atom. The predicted molar refractivity (Wildman–Crippen MR) is 44.3 cm³/mol. The third-order valence-corrected chi connectivity index (χ3v) is 1.41. The Bertz CT molecular complexity index is 65.9. The summed E-state index contributed by atoms with van der Waals surface area (Å²) in [6.07, 6.45) is 3.32. The van der Waals surface area contributed by atoms with Crippen molar-refractivity contribution in [2.24, 2.45) is 11.6 Å². The largest absolute Gasteiger partial charge is 0.330 e. The molecule has 0 aliphatic rings. The van der Waals surface area contributed by atoms with Crippen LogP contribution in [-0.4, -0.2) is 24.6 Å². The van der Waals surface area contributed by atoms with Gasteiger partial charge in [-0.05, 0) is 25.8 Å². The van der Waals surface area contributed by atoms with Crippen molar-refractivity contribution in [2.45, 2.75) is 26.2 Å². The van der Waals surface area contributed by atoms with Gasteiger partial charge in [-0.2, -0.15) is 0 Å². The lowest BCUT2D eigenvalue weighted by atomic mass is 10.3. The molecule has 62 valence electrons. The third kappa shape index (κ3) is 6.01. The van der Waals surface area contributed by atoms with E-state index in [1.807, 2.05) is 5.01 Å². The van der Waals surface area contributed by atoms with E-state index in [0.717, 1.165) is 38.9 Å². The van der Waals surface area contributed by atoms with E-state index in [1.54, 1.807) is 0 Å². The Kier molecular flexibility index (Phi) is 6.91. The second-order valence-corrected chi connectivity index (χ2v) is 2.53. The number of rotatable bonds is 6. The number of hydrogen-bond acceptors (Lipinski definition) is 3. The van der Waals surface area contributed by atoms with E-state index in [4.69, 9.17) is 11.6 Å².